The highest BCUT2D eigenvalue weighted by Gasteiger charge is 2.11. The molecule has 1 unspecified atom stereocenters. The number of nitrogens with one attached hydrogen (secondary N) is 2. The van der Waals surface area contributed by atoms with Crippen molar-refractivity contribution in [3.63, 3.8) is 0 Å². The highest BCUT2D eigenvalue weighted by Crippen LogP contribution is 2.19. The predicted molar refractivity (Wildman–Crippen MR) is 64.8 cm³/mol. The molecule has 0 spiro atoms. The first-order chi connectivity index (χ1) is 7.77. The van der Waals surface area contributed by atoms with Crippen LogP contribution in [0.15, 0.2) is 23.3 Å². The molecule has 0 fully saturated rings. The van der Waals surface area contributed by atoms with E-state index in [-0.39, 0.29) is 10.6 Å². The van der Waals surface area contributed by atoms with E-state index in [1.54, 1.807) is 0 Å². The van der Waals surface area contributed by atoms with E-state index in [4.69, 9.17) is 11.6 Å². The van der Waals surface area contributed by atoms with Crippen molar-refractivity contribution < 1.29 is 0 Å². The molecule has 5 heteroatoms. The summed E-state index contributed by atoms with van der Waals surface area (Å²) >= 11 is 5.83. The predicted octanol–water partition coefficient (Wildman–Crippen LogP) is 2.19. The van der Waals surface area contributed by atoms with E-state index < -0.39 is 0 Å². The maximum atomic E-state index is 11.2. The van der Waals surface area contributed by atoms with Crippen LogP contribution in [0.5, 0.6) is 0 Å². The van der Waals surface area contributed by atoms with Crippen molar-refractivity contribution in [3.05, 3.63) is 33.9 Å². The van der Waals surface area contributed by atoms with Crippen LogP contribution < -0.4 is 10.9 Å². The van der Waals surface area contributed by atoms with Gasteiger partial charge < -0.3 is 10.3 Å². The lowest BCUT2D eigenvalue weighted by molar-refractivity contribution is 0.503. The number of hydrogen-bond acceptors (Lipinski definition) is 3. The van der Waals surface area contributed by atoms with Crippen molar-refractivity contribution in [2.45, 2.75) is 19.3 Å². The average molecular weight is 240 g/mol. The molecule has 1 aliphatic carbocycles. The van der Waals surface area contributed by atoms with Crippen LogP contribution in [0.2, 0.25) is 5.02 Å². The number of nitrogens with zero attached hydrogens (tertiary/aromatic N) is 1. The second-order valence-corrected chi connectivity index (χ2v) is 4.30. The van der Waals surface area contributed by atoms with Crippen molar-refractivity contribution in [3.8, 4) is 0 Å². The molecule has 0 radical (unpaired) electrons. The molecule has 0 saturated heterocycles. The summed E-state index contributed by atoms with van der Waals surface area (Å²) < 4.78 is 0. The number of aromatic amines is 1. The van der Waals surface area contributed by atoms with E-state index in [9.17, 15) is 4.79 Å². The van der Waals surface area contributed by atoms with Crippen LogP contribution in [0.4, 0.5) is 5.82 Å². The van der Waals surface area contributed by atoms with Gasteiger partial charge in [-0.3, -0.25) is 4.79 Å². The van der Waals surface area contributed by atoms with Gasteiger partial charge in [-0.25, -0.2) is 4.98 Å². The Morgan fingerprint density at radius 1 is 1.56 bits per heavy atom. The lowest BCUT2D eigenvalue weighted by Gasteiger charge is -2.18. The van der Waals surface area contributed by atoms with Crippen molar-refractivity contribution in [1.82, 2.24) is 9.97 Å². The normalized spacial score (nSPS) is 19.7. The number of anilines is 1. The summed E-state index contributed by atoms with van der Waals surface area (Å²) in [7, 11) is 0. The summed E-state index contributed by atoms with van der Waals surface area (Å²) in [6.45, 7) is 0.806. The largest absolute Gasteiger partial charge is 0.368 e. The van der Waals surface area contributed by atoms with Crippen LogP contribution in [0.25, 0.3) is 0 Å². The van der Waals surface area contributed by atoms with Gasteiger partial charge in [0.15, 0.2) is 5.82 Å². The Balaban J connectivity index is 1.96. The molecule has 1 heterocycles. The zero-order valence-electron chi connectivity index (χ0n) is 8.87. The molecule has 16 heavy (non-hydrogen) atoms. The van der Waals surface area contributed by atoms with E-state index in [0.717, 1.165) is 19.4 Å². The lowest BCUT2D eigenvalue weighted by Crippen LogP contribution is -2.18. The van der Waals surface area contributed by atoms with Gasteiger partial charge in [0.25, 0.3) is 5.56 Å². The maximum Gasteiger partial charge on any atom is 0.271 e. The minimum absolute atomic E-state index is 0.133. The summed E-state index contributed by atoms with van der Waals surface area (Å²) in [6, 6.07) is 0. The van der Waals surface area contributed by atoms with Crippen molar-refractivity contribution >= 4 is 17.4 Å². The van der Waals surface area contributed by atoms with Crippen LogP contribution in [0.3, 0.4) is 0 Å². The van der Waals surface area contributed by atoms with Gasteiger partial charge in [-0.05, 0) is 25.2 Å². The smallest absolute Gasteiger partial charge is 0.271 e. The molecule has 2 N–H and O–H groups in total. The van der Waals surface area contributed by atoms with E-state index in [1.165, 1.54) is 12.7 Å². The SMILES string of the molecule is O=c1[nH]cnc(NCC2CC=CCC2)c1Cl. The number of hydrogen-bond donors (Lipinski definition) is 2. The average Bonchev–Trinajstić information content (AvgIpc) is 2.32. The molecule has 2 rings (SSSR count). The summed E-state index contributed by atoms with van der Waals surface area (Å²) in [5.41, 5.74) is -0.303. The van der Waals surface area contributed by atoms with Crippen LogP contribution in [-0.2, 0) is 0 Å². The molecule has 0 aromatic carbocycles. The second-order valence-electron chi connectivity index (χ2n) is 3.93. The number of H-pyrrole nitrogens is 1. The topological polar surface area (TPSA) is 57.8 Å². The molecular formula is C11H14ClN3O. The number of halogens is 1. The van der Waals surface area contributed by atoms with Gasteiger partial charge in [0.05, 0.1) is 6.33 Å². The fraction of sp³-hybridized carbons (Fsp3) is 0.455. The molecule has 1 aromatic heterocycles. The summed E-state index contributed by atoms with van der Waals surface area (Å²) in [5.74, 6) is 1.07. The summed E-state index contributed by atoms with van der Waals surface area (Å²) in [4.78, 5) is 17.6. The Hall–Kier alpha value is -1.29. The lowest BCUT2D eigenvalue weighted by atomic mass is 9.94. The summed E-state index contributed by atoms with van der Waals surface area (Å²) in [5, 5.41) is 3.26. The Morgan fingerprint density at radius 3 is 3.19 bits per heavy atom. The second kappa shape index (κ2) is 5.16. The third-order valence-corrected chi connectivity index (χ3v) is 3.08. The van der Waals surface area contributed by atoms with E-state index >= 15 is 0 Å². The minimum atomic E-state index is -0.303. The molecule has 4 nitrogen and oxygen atoms in total. The quantitative estimate of drug-likeness (QED) is 0.795. The highest BCUT2D eigenvalue weighted by molar-refractivity contribution is 6.32. The number of allylic oxidation sites excluding steroid dienone is 2. The Labute approximate surface area is 98.7 Å². The molecule has 0 saturated carbocycles. The third kappa shape index (κ3) is 2.64. The molecule has 0 amide bonds. The standard InChI is InChI=1S/C11H14ClN3O/c12-9-10(14-7-15-11(9)16)13-6-8-4-2-1-3-5-8/h1-2,7-8H,3-6H2,(H2,13,14,15,16). The van der Waals surface area contributed by atoms with Gasteiger partial charge in [0.1, 0.15) is 5.02 Å². The van der Waals surface area contributed by atoms with Gasteiger partial charge >= 0.3 is 0 Å². The Bertz CT molecular complexity index is 441. The molecule has 1 atom stereocenters. The summed E-state index contributed by atoms with van der Waals surface area (Å²) in [6.07, 6.45) is 9.13. The zero-order valence-corrected chi connectivity index (χ0v) is 9.63. The number of aromatic nitrogens is 2. The highest BCUT2D eigenvalue weighted by atomic mass is 35.5. The monoisotopic (exact) mass is 239 g/mol. The first-order valence-corrected chi connectivity index (χ1v) is 5.77. The van der Waals surface area contributed by atoms with Crippen LogP contribution >= 0.6 is 11.6 Å². The van der Waals surface area contributed by atoms with E-state index in [1.807, 2.05) is 0 Å². The third-order valence-electron chi connectivity index (χ3n) is 2.73. The molecular weight excluding hydrogens is 226 g/mol. The van der Waals surface area contributed by atoms with E-state index in [2.05, 4.69) is 27.4 Å². The fourth-order valence-electron chi connectivity index (χ4n) is 1.79. The van der Waals surface area contributed by atoms with Gasteiger partial charge in [-0.2, -0.15) is 0 Å². The van der Waals surface area contributed by atoms with Gasteiger partial charge in [0, 0.05) is 6.54 Å². The zero-order chi connectivity index (χ0) is 11.4. The Morgan fingerprint density at radius 2 is 2.44 bits per heavy atom. The van der Waals surface area contributed by atoms with Crippen molar-refractivity contribution in [1.29, 1.82) is 0 Å². The van der Waals surface area contributed by atoms with Crippen molar-refractivity contribution in [2.24, 2.45) is 5.92 Å². The maximum absolute atomic E-state index is 11.2. The number of rotatable bonds is 3. The molecule has 1 aromatic rings. The first-order valence-electron chi connectivity index (χ1n) is 5.39. The van der Waals surface area contributed by atoms with Crippen LogP contribution in [0, 0.1) is 5.92 Å². The van der Waals surface area contributed by atoms with Crippen LogP contribution in [0.1, 0.15) is 19.3 Å². The fourth-order valence-corrected chi connectivity index (χ4v) is 1.96. The van der Waals surface area contributed by atoms with Crippen molar-refractivity contribution in [2.75, 3.05) is 11.9 Å². The molecule has 0 bridgehead atoms. The van der Waals surface area contributed by atoms with Crippen LogP contribution in [-0.4, -0.2) is 16.5 Å². The molecule has 0 aliphatic heterocycles. The first kappa shape index (κ1) is 11.2. The molecule has 86 valence electrons. The minimum Gasteiger partial charge on any atom is -0.368 e. The van der Waals surface area contributed by atoms with Gasteiger partial charge in [0.2, 0.25) is 0 Å². The van der Waals surface area contributed by atoms with Gasteiger partial charge in [-0.1, -0.05) is 23.8 Å². The van der Waals surface area contributed by atoms with Gasteiger partial charge in [-0.15, -0.1) is 0 Å². The molecule has 1 aliphatic rings. The van der Waals surface area contributed by atoms with E-state index in [0.29, 0.717) is 11.7 Å². The Kier molecular flexibility index (Phi) is 3.62.